The van der Waals surface area contributed by atoms with Crippen molar-refractivity contribution in [2.75, 3.05) is 6.54 Å². The summed E-state index contributed by atoms with van der Waals surface area (Å²) in [5, 5.41) is 9.11. The number of fused-ring (bicyclic) bond motifs is 1. The molecule has 8 nitrogen and oxygen atoms in total. The number of hydrogen-bond donors (Lipinski definition) is 1. The third kappa shape index (κ3) is 4.85. The molecule has 1 saturated heterocycles. The molecular formula is C25H23N3O5S2. The number of carboxylic acid groups (broad SMARTS) is 1. The van der Waals surface area contributed by atoms with Crippen LogP contribution in [0.1, 0.15) is 42.0 Å². The molecule has 0 atom stereocenters. The summed E-state index contributed by atoms with van der Waals surface area (Å²) in [7, 11) is 0. The number of aryl methyl sites for hydroxylation is 2. The van der Waals surface area contributed by atoms with E-state index < -0.39 is 24.0 Å². The largest absolute Gasteiger partial charge is 0.480 e. The fourth-order valence-electron chi connectivity index (χ4n) is 3.71. The van der Waals surface area contributed by atoms with Gasteiger partial charge in [0.25, 0.3) is 11.5 Å². The number of thioether (sulfide) groups is 1. The Kier molecular flexibility index (Phi) is 6.77. The van der Waals surface area contributed by atoms with Crippen molar-refractivity contribution >= 4 is 51.9 Å². The maximum Gasteiger partial charge on any atom is 0.323 e. The number of aromatic nitrogens is 2. The minimum atomic E-state index is -1.19. The first-order valence-corrected chi connectivity index (χ1v) is 12.1. The maximum atomic E-state index is 13.5. The van der Waals surface area contributed by atoms with Gasteiger partial charge in [-0.15, -0.1) is 0 Å². The molecule has 4 rings (SSSR count). The maximum absolute atomic E-state index is 13.5. The fraction of sp³-hybridized carbons (Fsp3) is 0.240. The molecule has 35 heavy (non-hydrogen) atoms. The van der Waals surface area contributed by atoms with E-state index in [1.165, 1.54) is 10.5 Å². The van der Waals surface area contributed by atoms with Gasteiger partial charge in [-0.1, -0.05) is 56.0 Å². The zero-order valence-corrected chi connectivity index (χ0v) is 21.2. The number of nitrogens with zero attached hydrogens (tertiary/aromatic N) is 3. The first-order chi connectivity index (χ1) is 16.6. The second kappa shape index (κ2) is 9.63. The van der Waals surface area contributed by atoms with Crippen LogP contribution in [0.4, 0.5) is 0 Å². The lowest BCUT2D eigenvalue weighted by Gasteiger charge is -2.16. The van der Waals surface area contributed by atoms with Crippen LogP contribution in [-0.2, 0) is 9.59 Å². The van der Waals surface area contributed by atoms with Crippen molar-refractivity contribution in [3.8, 4) is 11.6 Å². The summed E-state index contributed by atoms with van der Waals surface area (Å²) in [5.74, 6) is -0.988. The first-order valence-electron chi connectivity index (χ1n) is 10.8. The van der Waals surface area contributed by atoms with E-state index in [1.807, 2.05) is 52.0 Å². The van der Waals surface area contributed by atoms with Gasteiger partial charge in [0.2, 0.25) is 5.88 Å². The molecule has 180 valence electrons. The lowest BCUT2D eigenvalue weighted by Crippen LogP contribution is -2.33. The highest BCUT2D eigenvalue weighted by molar-refractivity contribution is 8.26. The zero-order valence-electron chi connectivity index (χ0n) is 19.6. The third-order valence-electron chi connectivity index (χ3n) is 5.49. The van der Waals surface area contributed by atoms with Gasteiger partial charge < -0.3 is 9.84 Å². The SMILES string of the molecule is Cc1ccc(C(C)C)c(Oc2nc3c(C)cccn3c(=O)c2/C=C2/SC(=S)N(CC(=O)O)C2=O)c1. The molecule has 1 fully saturated rings. The van der Waals surface area contributed by atoms with E-state index in [4.69, 9.17) is 22.1 Å². The number of amides is 1. The number of benzene rings is 1. The number of thiocarbonyl (C=S) groups is 1. The standard InChI is InChI=1S/C25H23N3O5S2/c1-13(2)16-8-7-14(3)10-18(16)33-22-17(23(31)27-9-5-6-15(4)21(27)26-22)11-19-24(32)28(12-20(29)30)25(34)35-19/h5-11,13H,12H2,1-4H3,(H,29,30)/b19-11+. The van der Waals surface area contributed by atoms with Crippen molar-refractivity contribution in [1.29, 1.82) is 0 Å². The molecule has 3 aromatic rings. The van der Waals surface area contributed by atoms with Gasteiger partial charge in [0, 0.05) is 6.20 Å². The normalized spacial score (nSPS) is 15.0. The minimum absolute atomic E-state index is 0.0558. The predicted octanol–water partition coefficient (Wildman–Crippen LogP) is 4.51. The van der Waals surface area contributed by atoms with E-state index >= 15 is 0 Å². The van der Waals surface area contributed by atoms with Gasteiger partial charge in [-0.3, -0.25) is 23.7 Å². The Bertz CT molecular complexity index is 1480. The minimum Gasteiger partial charge on any atom is -0.480 e. The van der Waals surface area contributed by atoms with E-state index in [9.17, 15) is 14.4 Å². The average molecular weight is 510 g/mol. The summed E-state index contributed by atoms with van der Waals surface area (Å²) in [5.41, 5.74) is 2.79. The number of carbonyl (C=O) groups is 2. The van der Waals surface area contributed by atoms with Crippen LogP contribution in [0.2, 0.25) is 0 Å². The lowest BCUT2D eigenvalue weighted by atomic mass is 10.0. The molecule has 0 saturated carbocycles. The smallest absolute Gasteiger partial charge is 0.323 e. The number of carbonyl (C=O) groups excluding carboxylic acids is 1. The van der Waals surface area contributed by atoms with E-state index in [-0.39, 0.29) is 26.6 Å². The molecule has 1 N–H and O–H groups in total. The van der Waals surface area contributed by atoms with Crippen LogP contribution >= 0.6 is 24.0 Å². The molecule has 0 spiro atoms. The van der Waals surface area contributed by atoms with Gasteiger partial charge in [0.05, 0.1) is 4.91 Å². The number of rotatable bonds is 6. The van der Waals surface area contributed by atoms with Crippen LogP contribution < -0.4 is 10.3 Å². The van der Waals surface area contributed by atoms with Crippen molar-refractivity contribution in [3.05, 3.63) is 74.0 Å². The lowest BCUT2D eigenvalue weighted by molar-refractivity contribution is -0.140. The third-order valence-corrected chi connectivity index (χ3v) is 6.87. The summed E-state index contributed by atoms with van der Waals surface area (Å²) in [6.45, 7) is 7.31. The number of aliphatic carboxylic acids is 1. The summed E-state index contributed by atoms with van der Waals surface area (Å²) < 4.78 is 7.76. The van der Waals surface area contributed by atoms with Gasteiger partial charge in [-0.25, -0.2) is 0 Å². The van der Waals surface area contributed by atoms with Crippen molar-refractivity contribution < 1.29 is 19.4 Å². The van der Waals surface area contributed by atoms with E-state index in [0.717, 1.165) is 33.4 Å². The molecule has 0 bridgehead atoms. The Hall–Kier alpha value is -3.50. The van der Waals surface area contributed by atoms with Gasteiger partial charge in [0.1, 0.15) is 27.8 Å². The molecule has 1 aliphatic rings. The van der Waals surface area contributed by atoms with Crippen molar-refractivity contribution in [1.82, 2.24) is 14.3 Å². The molecule has 1 aliphatic heterocycles. The zero-order chi connectivity index (χ0) is 25.4. The predicted molar refractivity (Wildman–Crippen MR) is 139 cm³/mol. The van der Waals surface area contributed by atoms with Crippen LogP contribution in [0.15, 0.2) is 46.2 Å². The molecule has 0 radical (unpaired) electrons. The van der Waals surface area contributed by atoms with Crippen LogP contribution in [0.3, 0.4) is 0 Å². The molecule has 2 aromatic heterocycles. The number of pyridine rings is 1. The highest BCUT2D eigenvalue weighted by atomic mass is 32.2. The van der Waals surface area contributed by atoms with Crippen LogP contribution in [0.5, 0.6) is 11.6 Å². The summed E-state index contributed by atoms with van der Waals surface area (Å²) in [6.07, 6.45) is 2.98. The summed E-state index contributed by atoms with van der Waals surface area (Å²) in [4.78, 5) is 43.3. The second-order valence-corrected chi connectivity index (χ2v) is 10.2. The first kappa shape index (κ1) is 24.6. The number of hydrogen-bond acceptors (Lipinski definition) is 7. The Morgan fingerprint density at radius 3 is 2.69 bits per heavy atom. The Labute approximate surface area is 211 Å². The van der Waals surface area contributed by atoms with Crippen LogP contribution in [0, 0.1) is 13.8 Å². The summed E-state index contributed by atoms with van der Waals surface area (Å²) >= 11 is 6.12. The van der Waals surface area contributed by atoms with Gasteiger partial charge in [-0.05, 0) is 54.7 Å². The average Bonchev–Trinajstić information content (AvgIpc) is 3.04. The van der Waals surface area contributed by atoms with Gasteiger partial charge >= 0.3 is 5.97 Å². The fourth-order valence-corrected chi connectivity index (χ4v) is 4.94. The van der Waals surface area contributed by atoms with E-state index in [1.54, 1.807) is 12.3 Å². The quantitative estimate of drug-likeness (QED) is 0.383. The monoisotopic (exact) mass is 509 g/mol. The molecule has 10 heteroatoms. The van der Waals surface area contributed by atoms with Crippen LogP contribution in [0.25, 0.3) is 11.7 Å². The molecule has 1 aromatic carbocycles. The Morgan fingerprint density at radius 1 is 1.26 bits per heavy atom. The van der Waals surface area contributed by atoms with Crippen molar-refractivity contribution in [2.45, 2.75) is 33.6 Å². The second-order valence-electron chi connectivity index (χ2n) is 8.48. The van der Waals surface area contributed by atoms with Crippen LogP contribution in [-0.4, -0.2) is 42.1 Å². The molecule has 3 heterocycles. The highest BCUT2D eigenvalue weighted by Crippen LogP contribution is 2.36. The van der Waals surface area contributed by atoms with E-state index in [2.05, 4.69) is 4.98 Å². The molecule has 1 amide bonds. The summed E-state index contributed by atoms with van der Waals surface area (Å²) in [6, 6.07) is 9.43. The molecule has 0 aliphatic carbocycles. The number of carboxylic acids is 1. The topological polar surface area (TPSA) is 101 Å². The Morgan fingerprint density at radius 2 is 2.00 bits per heavy atom. The van der Waals surface area contributed by atoms with Gasteiger partial charge in [-0.2, -0.15) is 4.98 Å². The molecular weight excluding hydrogens is 486 g/mol. The van der Waals surface area contributed by atoms with Crippen molar-refractivity contribution in [2.24, 2.45) is 0 Å². The Balaban J connectivity index is 1.91. The van der Waals surface area contributed by atoms with Gasteiger partial charge in [0.15, 0.2) is 0 Å². The van der Waals surface area contributed by atoms with E-state index in [0.29, 0.717) is 11.4 Å². The highest BCUT2D eigenvalue weighted by Gasteiger charge is 2.34. The molecule has 0 unspecified atom stereocenters. The van der Waals surface area contributed by atoms with Crippen molar-refractivity contribution in [3.63, 3.8) is 0 Å². The number of ether oxygens (including phenoxy) is 1.